The number of rotatable bonds is 6. The number of hydrogen-bond donors (Lipinski definition) is 1. The molecule has 0 aliphatic carbocycles. The summed E-state index contributed by atoms with van der Waals surface area (Å²) >= 11 is 0. The molecule has 0 heterocycles. The molecule has 1 aromatic rings. The van der Waals surface area contributed by atoms with Gasteiger partial charge < -0.3 is 10.6 Å². The first-order valence-electron chi connectivity index (χ1n) is 6.39. The molecule has 0 bridgehead atoms. The summed E-state index contributed by atoms with van der Waals surface area (Å²) in [6.07, 6.45) is 0.557. The second kappa shape index (κ2) is 7.19. The highest BCUT2D eigenvalue weighted by Crippen LogP contribution is 2.14. The van der Waals surface area contributed by atoms with E-state index in [1.807, 2.05) is 13.8 Å². The zero-order chi connectivity index (χ0) is 14.4. The molecule has 2 N–H and O–H groups in total. The minimum absolute atomic E-state index is 0.00988. The van der Waals surface area contributed by atoms with Crippen molar-refractivity contribution >= 4 is 5.91 Å². The van der Waals surface area contributed by atoms with Gasteiger partial charge in [0.25, 0.3) is 0 Å². The van der Waals surface area contributed by atoms with Crippen molar-refractivity contribution < 1.29 is 13.6 Å². The van der Waals surface area contributed by atoms with Crippen LogP contribution in [0, 0.1) is 11.6 Å². The zero-order valence-corrected chi connectivity index (χ0v) is 11.3. The summed E-state index contributed by atoms with van der Waals surface area (Å²) in [7, 11) is 0. The molecule has 0 spiro atoms. The molecule has 0 radical (unpaired) electrons. The summed E-state index contributed by atoms with van der Waals surface area (Å²) in [5.74, 6) is -2.09. The van der Waals surface area contributed by atoms with Crippen molar-refractivity contribution in [2.24, 2.45) is 5.73 Å². The van der Waals surface area contributed by atoms with E-state index < -0.39 is 11.6 Å². The summed E-state index contributed by atoms with van der Waals surface area (Å²) in [4.78, 5) is 13.8. The lowest BCUT2D eigenvalue weighted by Crippen LogP contribution is -2.39. The topological polar surface area (TPSA) is 46.3 Å². The molecule has 0 atom stereocenters. The minimum atomic E-state index is -0.946. The van der Waals surface area contributed by atoms with Gasteiger partial charge in [-0.2, -0.15) is 0 Å². The molecule has 0 fully saturated rings. The molecule has 106 valence electrons. The summed E-state index contributed by atoms with van der Waals surface area (Å²) in [5, 5.41) is 0. The Balaban J connectivity index is 2.78. The predicted octanol–water partition coefficient (Wildman–Crippen LogP) is 2.09. The molecule has 0 saturated carbocycles. The van der Waals surface area contributed by atoms with Gasteiger partial charge >= 0.3 is 0 Å². The summed E-state index contributed by atoms with van der Waals surface area (Å²) in [6.45, 7) is 4.79. The van der Waals surface area contributed by atoms with Crippen molar-refractivity contribution in [3.05, 3.63) is 35.4 Å². The highest BCUT2D eigenvalue weighted by atomic mass is 19.2. The van der Waals surface area contributed by atoms with Crippen LogP contribution in [0.5, 0.6) is 0 Å². The smallest absolute Gasteiger partial charge is 0.227 e. The fraction of sp³-hybridized carbons (Fsp3) is 0.500. The number of halogens is 2. The lowest BCUT2D eigenvalue weighted by Gasteiger charge is -2.26. The van der Waals surface area contributed by atoms with Crippen molar-refractivity contribution in [3.8, 4) is 0 Å². The molecule has 0 aliphatic heterocycles. The van der Waals surface area contributed by atoms with Crippen molar-refractivity contribution in [3.63, 3.8) is 0 Å². The van der Waals surface area contributed by atoms with E-state index in [2.05, 4.69) is 0 Å². The number of hydrogen-bond acceptors (Lipinski definition) is 2. The van der Waals surface area contributed by atoms with Crippen LogP contribution in [0.2, 0.25) is 0 Å². The summed E-state index contributed by atoms with van der Waals surface area (Å²) in [5.41, 5.74) is 5.51. The van der Waals surface area contributed by atoms with Gasteiger partial charge in [0.05, 0.1) is 6.42 Å². The summed E-state index contributed by atoms with van der Waals surface area (Å²) in [6, 6.07) is 3.88. The lowest BCUT2D eigenvalue weighted by molar-refractivity contribution is -0.132. The zero-order valence-electron chi connectivity index (χ0n) is 11.3. The Hall–Kier alpha value is -1.49. The highest BCUT2D eigenvalue weighted by Gasteiger charge is 2.19. The maximum absolute atomic E-state index is 13.5. The molecular weight excluding hydrogens is 250 g/mol. The number of carbonyl (C=O) groups excluding carboxylic acids is 1. The van der Waals surface area contributed by atoms with Crippen molar-refractivity contribution in [2.45, 2.75) is 32.7 Å². The molecule has 0 aromatic heterocycles. The first-order valence-corrected chi connectivity index (χ1v) is 6.39. The SMILES string of the molecule is CC(C)N(CCCN)C(=O)Cc1cccc(F)c1F. The third kappa shape index (κ3) is 4.28. The lowest BCUT2D eigenvalue weighted by atomic mass is 10.1. The van der Waals surface area contributed by atoms with Gasteiger partial charge in [-0.3, -0.25) is 4.79 Å². The molecule has 0 unspecified atom stereocenters. The maximum atomic E-state index is 13.5. The van der Waals surface area contributed by atoms with Gasteiger partial charge in [-0.1, -0.05) is 12.1 Å². The highest BCUT2D eigenvalue weighted by molar-refractivity contribution is 5.79. The summed E-state index contributed by atoms with van der Waals surface area (Å²) < 4.78 is 26.6. The van der Waals surface area contributed by atoms with Gasteiger partial charge in [0.1, 0.15) is 0 Å². The van der Waals surface area contributed by atoms with Crippen LogP contribution >= 0.6 is 0 Å². The van der Waals surface area contributed by atoms with Crippen LogP contribution in [0.15, 0.2) is 18.2 Å². The maximum Gasteiger partial charge on any atom is 0.227 e. The van der Waals surface area contributed by atoms with Gasteiger partial charge in [0.15, 0.2) is 11.6 Å². The number of carbonyl (C=O) groups is 1. The molecule has 1 rings (SSSR count). The van der Waals surface area contributed by atoms with Crippen molar-refractivity contribution in [1.29, 1.82) is 0 Å². The van der Waals surface area contributed by atoms with Gasteiger partial charge in [0, 0.05) is 18.2 Å². The fourth-order valence-corrected chi connectivity index (χ4v) is 1.88. The standard InChI is InChI=1S/C14H20F2N2O/c1-10(2)18(8-4-7-17)13(19)9-11-5-3-6-12(15)14(11)16/h3,5-6,10H,4,7-9,17H2,1-2H3. The average Bonchev–Trinajstić information content (AvgIpc) is 2.35. The number of amides is 1. The second-order valence-corrected chi connectivity index (χ2v) is 4.71. The quantitative estimate of drug-likeness (QED) is 0.860. The molecule has 5 heteroatoms. The van der Waals surface area contributed by atoms with E-state index in [0.29, 0.717) is 19.5 Å². The Bertz CT molecular complexity index is 435. The molecule has 1 amide bonds. The normalized spacial score (nSPS) is 10.8. The number of nitrogens with two attached hydrogens (primary N) is 1. The Morgan fingerprint density at radius 3 is 2.63 bits per heavy atom. The van der Waals surface area contributed by atoms with Gasteiger partial charge in [-0.25, -0.2) is 8.78 Å². The average molecular weight is 270 g/mol. The molecular formula is C14H20F2N2O. The molecule has 0 saturated heterocycles. The largest absolute Gasteiger partial charge is 0.340 e. The molecule has 3 nitrogen and oxygen atoms in total. The van der Waals surface area contributed by atoms with E-state index in [4.69, 9.17) is 5.73 Å². The third-order valence-corrected chi connectivity index (χ3v) is 2.92. The minimum Gasteiger partial charge on any atom is -0.340 e. The van der Waals surface area contributed by atoms with Crippen LogP contribution in [-0.2, 0) is 11.2 Å². The van der Waals surface area contributed by atoms with E-state index in [9.17, 15) is 13.6 Å². The van der Waals surface area contributed by atoms with Crippen LogP contribution in [0.3, 0.4) is 0 Å². The van der Waals surface area contributed by atoms with Crippen LogP contribution in [0.1, 0.15) is 25.8 Å². The van der Waals surface area contributed by atoms with Crippen molar-refractivity contribution in [1.82, 2.24) is 4.90 Å². The Labute approximate surface area is 112 Å². The van der Waals surface area contributed by atoms with E-state index in [-0.39, 0.29) is 23.9 Å². The van der Waals surface area contributed by atoms with Crippen LogP contribution in [-0.4, -0.2) is 29.9 Å². The molecule has 1 aromatic carbocycles. The van der Waals surface area contributed by atoms with Gasteiger partial charge in [-0.15, -0.1) is 0 Å². The molecule has 19 heavy (non-hydrogen) atoms. The Morgan fingerprint density at radius 1 is 1.37 bits per heavy atom. The van der Waals surface area contributed by atoms with Gasteiger partial charge in [-0.05, 0) is 32.9 Å². The molecule has 0 aliphatic rings. The number of nitrogens with zero attached hydrogens (tertiary/aromatic N) is 1. The first-order chi connectivity index (χ1) is 8.97. The van der Waals surface area contributed by atoms with E-state index >= 15 is 0 Å². The van der Waals surface area contributed by atoms with Crippen molar-refractivity contribution in [2.75, 3.05) is 13.1 Å². The second-order valence-electron chi connectivity index (χ2n) is 4.71. The first kappa shape index (κ1) is 15.6. The van der Waals surface area contributed by atoms with Crippen LogP contribution in [0.25, 0.3) is 0 Å². The fourth-order valence-electron chi connectivity index (χ4n) is 1.88. The Morgan fingerprint density at radius 2 is 2.05 bits per heavy atom. The van der Waals surface area contributed by atoms with Crippen LogP contribution < -0.4 is 5.73 Å². The monoisotopic (exact) mass is 270 g/mol. The van der Waals surface area contributed by atoms with Gasteiger partial charge in [0.2, 0.25) is 5.91 Å². The predicted molar refractivity (Wildman–Crippen MR) is 70.6 cm³/mol. The third-order valence-electron chi connectivity index (χ3n) is 2.92. The van der Waals surface area contributed by atoms with Crippen LogP contribution in [0.4, 0.5) is 8.78 Å². The van der Waals surface area contributed by atoms with E-state index in [1.54, 1.807) is 4.90 Å². The van der Waals surface area contributed by atoms with E-state index in [0.717, 1.165) is 6.07 Å². The number of benzene rings is 1. The Kier molecular flexibility index (Phi) is 5.89. The van der Waals surface area contributed by atoms with E-state index in [1.165, 1.54) is 12.1 Å².